The van der Waals surface area contributed by atoms with E-state index in [1.807, 2.05) is 36.4 Å². The van der Waals surface area contributed by atoms with Crippen LogP contribution in [0, 0.1) is 0 Å². The maximum absolute atomic E-state index is 13.1. The lowest BCUT2D eigenvalue weighted by Crippen LogP contribution is -3.28. The van der Waals surface area contributed by atoms with Gasteiger partial charge in [0.05, 0.1) is 6.54 Å². The number of nitrogens with one attached hydrogen (secondary N) is 2. The Balaban J connectivity index is 1.03. The zero-order chi connectivity index (χ0) is 25.9. The molecule has 4 aromatic rings. The second-order valence-electron chi connectivity index (χ2n) is 10.6. The predicted octanol–water partition coefficient (Wildman–Crippen LogP) is 2.79. The molecule has 38 heavy (non-hydrogen) atoms. The van der Waals surface area contributed by atoms with E-state index in [1.54, 1.807) is 9.80 Å². The fourth-order valence-electron chi connectivity index (χ4n) is 6.35. The maximum Gasteiger partial charge on any atom is 0.261 e. The van der Waals surface area contributed by atoms with Crippen molar-refractivity contribution in [3.05, 3.63) is 119 Å². The summed E-state index contributed by atoms with van der Waals surface area (Å²) in [4.78, 5) is 31.0. The molecule has 192 valence electrons. The third kappa shape index (κ3) is 4.75. The lowest BCUT2D eigenvalue weighted by molar-refractivity contribution is -1.02. The van der Waals surface area contributed by atoms with Crippen molar-refractivity contribution in [1.29, 1.82) is 0 Å². The molecule has 2 amide bonds. The van der Waals surface area contributed by atoms with E-state index in [0.29, 0.717) is 23.7 Å². The van der Waals surface area contributed by atoms with Gasteiger partial charge in [-0.2, -0.15) is 0 Å². The van der Waals surface area contributed by atoms with Gasteiger partial charge in [-0.05, 0) is 30.4 Å². The molecule has 0 radical (unpaired) electrons. The molecule has 4 aromatic carbocycles. The van der Waals surface area contributed by atoms with Crippen LogP contribution in [-0.2, 0) is 0 Å². The molecule has 2 aliphatic heterocycles. The highest BCUT2D eigenvalue weighted by Gasteiger charge is 2.33. The van der Waals surface area contributed by atoms with Gasteiger partial charge in [0.2, 0.25) is 0 Å². The minimum Gasteiger partial charge on any atom is -0.326 e. The van der Waals surface area contributed by atoms with Crippen LogP contribution in [0.1, 0.15) is 50.7 Å². The van der Waals surface area contributed by atoms with E-state index in [1.165, 1.54) is 16.0 Å². The van der Waals surface area contributed by atoms with Crippen LogP contribution in [-0.4, -0.2) is 56.0 Å². The van der Waals surface area contributed by atoms with Crippen LogP contribution in [0.3, 0.4) is 0 Å². The van der Waals surface area contributed by atoms with Crippen molar-refractivity contribution in [2.45, 2.75) is 18.9 Å². The summed E-state index contributed by atoms with van der Waals surface area (Å²) in [7, 11) is 0. The van der Waals surface area contributed by atoms with Crippen LogP contribution in [0.4, 0.5) is 0 Å². The van der Waals surface area contributed by atoms with Gasteiger partial charge in [-0.15, -0.1) is 0 Å². The fourth-order valence-corrected chi connectivity index (χ4v) is 6.35. The van der Waals surface area contributed by atoms with Crippen LogP contribution < -0.4 is 9.80 Å². The summed E-state index contributed by atoms with van der Waals surface area (Å²) < 4.78 is 0. The molecule has 5 nitrogen and oxygen atoms in total. The molecule has 0 spiro atoms. The predicted molar refractivity (Wildman–Crippen MR) is 150 cm³/mol. The summed E-state index contributed by atoms with van der Waals surface area (Å²) in [5, 5.41) is 1.75. The second kappa shape index (κ2) is 10.9. The number of amides is 2. The minimum absolute atomic E-state index is 0.156. The van der Waals surface area contributed by atoms with Gasteiger partial charge in [0.15, 0.2) is 0 Å². The normalized spacial score (nSPS) is 19.3. The Labute approximate surface area is 224 Å². The quantitative estimate of drug-likeness (QED) is 0.286. The van der Waals surface area contributed by atoms with E-state index < -0.39 is 0 Å². The van der Waals surface area contributed by atoms with Crippen LogP contribution in [0.2, 0.25) is 0 Å². The summed E-state index contributed by atoms with van der Waals surface area (Å²) in [5.41, 5.74) is 4.05. The van der Waals surface area contributed by atoms with Crippen molar-refractivity contribution >= 4 is 22.6 Å². The molecule has 1 saturated heterocycles. The molecule has 0 bridgehead atoms. The molecule has 0 saturated carbocycles. The van der Waals surface area contributed by atoms with Gasteiger partial charge in [-0.3, -0.25) is 14.5 Å². The van der Waals surface area contributed by atoms with Crippen molar-refractivity contribution < 1.29 is 19.4 Å². The highest BCUT2D eigenvalue weighted by Crippen LogP contribution is 2.30. The molecule has 0 aromatic heterocycles. The summed E-state index contributed by atoms with van der Waals surface area (Å²) >= 11 is 0. The Morgan fingerprint density at radius 3 is 1.74 bits per heavy atom. The number of imide groups is 1. The van der Waals surface area contributed by atoms with Gasteiger partial charge in [0.1, 0.15) is 32.2 Å². The third-order valence-electron chi connectivity index (χ3n) is 8.29. The number of nitrogens with zero attached hydrogens (tertiary/aromatic N) is 1. The smallest absolute Gasteiger partial charge is 0.261 e. The Morgan fingerprint density at radius 1 is 0.632 bits per heavy atom. The summed E-state index contributed by atoms with van der Waals surface area (Å²) in [6.45, 7) is 6.11. The zero-order valence-corrected chi connectivity index (χ0v) is 21.7. The summed E-state index contributed by atoms with van der Waals surface area (Å²) in [6.07, 6.45) is 1.85. The summed E-state index contributed by atoms with van der Waals surface area (Å²) in [5.74, 6) is -0.312. The van der Waals surface area contributed by atoms with Gasteiger partial charge >= 0.3 is 0 Å². The van der Waals surface area contributed by atoms with E-state index in [0.717, 1.165) is 56.3 Å². The number of hydrogen-bond acceptors (Lipinski definition) is 2. The maximum atomic E-state index is 13.1. The Morgan fingerprint density at radius 2 is 1.18 bits per heavy atom. The largest absolute Gasteiger partial charge is 0.326 e. The highest BCUT2D eigenvalue weighted by atomic mass is 16.2. The molecule has 2 N–H and O–H groups in total. The van der Waals surface area contributed by atoms with Gasteiger partial charge in [-0.1, -0.05) is 84.9 Å². The third-order valence-corrected chi connectivity index (χ3v) is 8.29. The average molecular weight is 506 g/mol. The first-order valence-electron chi connectivity index (χ1n) is 13.9. The van der Waals surface area contributed by atoms with E-state index in [4.69, 9.17) is 0 Å². The zero-order valence-electron chi connectivity index (χ0n) is 21.7. The number of rotatable bonds is 8. The van der Waals surface area contributed by atoms with Gasteiger partial charge in [-0.25, -0.2) is 0 Å². The van der Waals surface area contributed by atoms with Crippen LogP contribution in [0.25, 0.3) is 10.8 Å². The van der Waals surface area contributed by atoms with Crippen LogP contribution in [0.15, 0.2) is 97.1 Å². The molecule has 0 aliphatic carbocycles. The van der Waals surface area contributed by atoms with E-state index in [9.17, 15) is 9.59 Å². The van der Waals surface area contributed by atoms with Gasteiger partial charge < -0.3 is 9.80 Å². The standard InChI is InChI=1S/C33H33N3O2/c37-32-28-17-9-15-25-16-10-18-29(30(25)28)33(38)36(32)20-8-7-19-34-21-23-35(24-22-34)31(26-11-3-1-4-12-26)27-13-5-2-6-14-27/h1-6,9-18,31H,7-8,19-24H2/p+2. The van der Waals surface area contributed by atoms with Crippen molar-refractivity contribution in [3.8, 4) is 0 Å². The van der Waals surface area contributed by atoms with Gasteiger partial charge in [0, 0.05) is 34.2 Å². The SMILES string of the molecule is O=C1c2cccc3cccc(c23)C(=O)N1CCCC[NH+]1CC[NH+](C(c2ccccc2)c2ccccc2)CC1. The topological polar surface area (TPSA) is 46.3 Å². The monoisotopic (exact) mass is 505 g/mol. The molecule has 1 fully saturated rings. The lowest BCUT2D eigenvalue weighted by Gasteiger charge is -2.35. The molecular formula is C33H35N3O2+2. The van der Waals surface area contributed by atoms with Crippen molar-refractivity contribution in [3.63, 3.8) is 0 Å². The van der Waals surface area contributed by atoms with Crippen LogP contribution >= 0.6 is 0 Å². The minimum atomic E-state index is -0.156. The average Bonchev–Trinajstić information content (AvgIpc) is 2.97. The molecular weight excluding hydrogens is 470 g/mol. The number of carbonyl (C=O) groups excluding carboxylic acids is 2. The van der Waals surface area contributed by atoms with Crippen molar-refractivity contribution in [2.24, 2.45) is 0 Å². The van der Waals surface area contributed by atoms with E-state index in [-0.39, 0.29) is 11.8 Å². The number of benzene rings is 4. The highest BCUT2D eigenvalue weighted by molar-refractivity contribution is 6.25. The first kappa shape index (κ1) is 24.5. The molecule has 0 unspecified atom stereocenters. The number of quaternary nitrogens is 2. The van der Waals surface area contributed by atoms with Crippen molar-refractivity contribution in [2.75, 3.05) is 39.3 Å². The number of piperazine rings is 1. The van der Waals surface area contributed by atoms with Gasteiger partial charge in [0.25, 0.3) is 11.8 Å². The first-order chi connectivity index (χ1) is 18.7. The molecule has 2 aliphatic rings. The Kier molecular flexibility index (Phi) is 7.04. The number of carbonyl (C=O) groups is 2. The molecule has 5 heteroatoms. The Bertz CT molecular complexity index is 1340. The first-order valence-corrected chi connectivity index (χ1v) is 13.9. The molecule has 0 atom stereocenters. The van der Waals surface area contributed by atoms with Crippen LogP contribution in [0.5, 0.6) is 0 Å². The Hall–Kier alpha value is -3.80. The number of unbranched alkanes of at least 4 members (excludes halogenated alkanes) is 1. The summed E-state index contributed by atoms with van der Waals surface area (Å²) in [6, 6.07) is 33.6. The fraction of sp³-hybridized carbons (Fsp3) is 0.273. The number of hydrogen-bond donors (Lipinski definition) is 2. The lowest BCUT2D eigenvalue weighted by atomic mass is 9.94. The second-order valence-corrected chi connectivity index (χ2v) is 10.6. The van der Waals surface area contributed by atoms with E-state index >= 15 is 0 Å². The molecule has 6 rings (SSSR count). The molecule has 2 heterocycles. The van der Waals surface area contributed by atoms with E-state index in [2.05, 4.69) is 60.7 Å². The van der Waals surface area contributed by atoms with Crippen molar-refractivity contribution in [1.82, 2.24) is 4.90 Å².